The number of aromatic nitrogens is 2. The van der Waals surface area contributed by atoms with Crippen LogP contribution >= 0.6 is 0 Å². The molecule has 0 fully saturated rings. The van der Waals surface area contributed by atoms with E-state index < -0.39 is 0 Å². The quantitative estimate of drug-likeness (QED) is 0.877. The Morgan fingerprint density at radius 3 is 2.76 bits per heavy atom. The smallest absolute Gasteiger partial charge is 0.246 e. The molecule has 0 unspecified atom stereocenters. The lowest BCUT2D eigenvalue weighted by molar-refractivity contribution is -0.118. The van der Waals surface area contributed by atoms with Crippen LogP contribution in [0.15, 0.2) is 30.6 Å². The van der Waals surface area contributed by atoms with Gasteiger partial charge in [-0.3, -0.25) is 4.79 Å². The lowest BCUT2D eigenvalue weighted by atomic mass is 10.0. The number of likely N-dealkylation sites (N-methyl/N-ethyl adjacent to an activating group) is 1. The van der Waals surface area contributed by atoms with Crippen molar-refractivity contribution in [1.29, 1.82) is 0 Å². The summed E-state index contributed by atoms with van der Waals surface area (Å²) in [4.78, 5) is 18.5. The fourth-order valence-corrected chi connectivity index (χ4v) is 2.76. The third kappa shape index (κ3) is 2.77. The van der Waals surface area contributed by atoms with Gasteiger partial charge in [-0.25, -0.2) is 4.98 Å². The van der Waals surface area contributed by atoms with Crippen molar-refractivity contribution in [2.45, 2.75) is 32.2 Å². The van der Waals surface area contributed by atoms with Crippen LogP contribution in [0.5, 0.6) is 0 Å². The molecule has 0 saturated carbocycles. The highest BCUT2D eigenvalue weighted by Gasteiger charge is 2.18. The number of nitrogen functional groups attached to an aromatic ring is 1. The van der Waals surface area contributed by atoms with E-state index in [0.717, 1.165) is 24.2 Å². The van der Waals surface area contributed by atoms with Crippen LogP contribution in [0.25, 0.3) is 0 Å². The lowest BCUT2D eigenvalue weighted by Gasteiger charge is -2.19. The second kappa shape index (κ2) is 5.60. The van der Waals surface area contributed by atoms with Gasteiger partial charge < -0.3 is 15.2 Å². The van der Waals surface area contributed by atoms with E-state index in [1.165, 1.54) is 18.5 Å². The van der Waals surface area contributed by atoms with E-state index >= 15 is 0 Å². The van der Waals surface area contributed by atoms with E-state index in [1.54, 1.807) is 30.4 Å². The molecule has 0 saturated heterocycles. The molecule has 1 aromatic carbocycles. The summed E-state index contributed by atoms with van der Waals surface area (Å²) in [5, 5.41) is 0. The molecule has 2 aromatic rings. The number of hydrogen-bond donors (Lipinski definition) is 1. The molecule has 5 heteroatoms. The number of amides is 1. The predicted octanol–water partition coefficient (Wildman–Crippen LogP) is 2.01. The van der Waals surface area contributed by atoms with Gasteiger partial charge in [-0.1, -0.05) is 0 Å². The van der Waals surface area contributed by atoms with Gasteiger partial charge in [-0.15, -0.1) is 0 Å². The summed E-state index contributed by atoms with van der Waals surface area (Å²) in [6.07, 6.45) is 6.23. The first-order valence-electron chi connectivity index (χ1n) is 7.30. The summed E-state index contributed by atoms with van der Waals surface area (Å²) in [5.74, 6) is 0.0468. The van der Waals surface area contributed by atoms with E-state index in [-0.39, 0.29) is 5.91 Å². The fraction of sp³-hybridized carbons (Fsp3) is 0.375. The highest BCUT2D eigenvalue weighted by atomic mass is 16.2. The van der Waals surface area contributed by atoms with Crippen molar-refractivity contribution in [2.24, 2.45) is 0 Å². The number of carbonyl (C=O) groups is 1. The SMILES string of the molecule is CN(C(=O)Cn1cnc2c1CCCC2)c1ccc(N)cc1. The average molecular weight is 284 g/mol. The molecule has 0 spiro atoms. The Bertz CT molecular complexity index is 645. The number of fused-ring (bicyclic) bond motifs is 1. The van der Waals surface area contributed by atoms with Gasteiger partial charge >= 0.3 is 0 Å². The average Bonchev–Trinajstić information content (AvgIpc) is 2.91. The molecule has 21 heavy (non-hydrogen) atoms. The normalized spacial score (nSPS) is 13.8. The van der Waals surface area contributed by atoms with E-state index in [0.29, 0.717) is 12.2 Å². The zero-order valence-corrected chi connectivity index (χ0v) is 12.2. The molecule has 0 aliphatic heterocycles. The highest BCUT2D eigenvalue weighted by Crippen LogP contribution is 2.20. The monoisotopic (exact) mass is 284 g/mol. The molecular formula is C16H20N4O. The minimum atomic E-state index is 0.0468. The van der Waals surface area contributed by atoms with Crippen LogP contribution in [0.3, 0.4) is 0 Å². The number of rotatable bonds is 3. The van der Waals surface area contributed by atoms with Crippen molar-refractivity contribution in [3.8, 4) is 0 Å². The number of hydrogen-bond acceptors (Lipinski definition) is 3. The summed E-state index contributed by atoms with van der Waals surface area (Å²) in [6, 6.07) is 7.32. The topological polar surface area (TPSA) is 64.2 Å². The second-order valence-electron chi connectivity index (χ2n) is 5.52. The maximum atomic E-state index is 12.4. The largest absolute Gasteiger partial charge is 0.399 e. The molecule has 1 aliphatic carbocycles. The highest BCUT2D eigenvalue weighted by molar-refractivity contribution is 5.92. The molecule has 1 amide bonds. The molecule has 5 nitrogen and oxygen atoms in total. The summed E-state index contributed by atoms with van der Waals surface area (Å²) in [7, 11) is 1.79. The number of aryl methyl sites for hydroxylation is 1. The lowest BCUT2D eigenvalue weighted by Crippen LogP contribution is -2.30. The van der Waals surface area contributed by atoms with Crippen LogP contribution in [-0.4, -0.2) is 22.5 Å². The summed E-state index contributed by atoms with van der Waals surface area (Å²) < 4.78 is 1.99. The summed E-state index contributed by atoms with van der Waals surface area (Å²) in [6.45, 7) is 0.337. The van der Waals surface area contributed by atoms with Crippen molar-refractivity contribution < 1.29 is 4.79 Å². The van der Waals surface area contributed by atoms with Crippen molar-refractivity contribution in [3.63, 3.8) is 0 Å². The van der Waals surface area contributed by atoms with Gasteiger partial charge in [-0.05, 0) is 49.9 Å². The van der Waals surface area contributed by atoms with Crippen molar-refractivity contribution >= 4 is 17.3 Å². The molecule has 1 heterocycles. The fourth-order valence-electron chi connectivity index (χ4n) is 2.76. The van der Waals surface area contributed by atoms with Gasteiger partial charge in [0.15, 0.2) is 0 Å². The molecule has 2 N–H and O–H groups in total. The molecule has 110 valence electrons. The summed E-state index contributed by atoms with van der Waals surface area (Å²) >= 11 is 0. The summed E-state index contributed by atoms with van der Waals surface area (Å²) in [5.41, 5.74) is 9.60. The standard InChI is InChI=1S/C16H20N4O/c1-19(13-8-6-12(17)7-9-13)16(21)10-20-11-18-14-4-2-3-5-15(14)20/h6-9,11H,2-5,10,17H2,1H3. The second-order valence-corrected chi connectivity index (χ2v) is 5.52. The van der Waals surface area contributed by atoms with E-state index in [2.05, 4.69) is 4.98 Å². The van der Waals surface area contributed by atoms with Crippen LogP contribution in [-0.2, 0) is 24.2 Å². The first-order valence-corrected chi connectivity index (χ1v) is 7.30. The third-order valence-electron chi connectivity index (χ3n) is 4.07. The number of nitrogens with zero attached hydrogens (tertiary/aromatic N) is 3. The first-order chi connectivity index (χ1) is 10.1. The Balaban J connectivity index is 1.74. The first kappa shape index (κ1) is 13.7. The Kier molecular flexibility index (Phi) is 3.64. The zero-order chi connectivity index (χ0) is 14.8. The van der Waals surface area contributed by atoms with Gasteiger partial charge in [0.2, 0.25) is 5.91 Å². The van der Waals surface area contributed by atoms with Gasteiger partial charge in [0.05, 0.1) is 12.0 Å². The van der Waals surface area contributed by atoms with Gasteiger partial charge in [0.25, 0.3) is 0 Å². The van der Waals surface area contributed by atoms with Gasteiger partial charge in [0, 0.05) is 24.1 Å². The molecule has 0 bridgehead atoms. The molecule has 1 aliphatic rings. The van der Waals surface area contributed by atoms with Crippen molar-refractivity contribution in [1.82, 2.24) is 9.55 Å². The number of imidazole rings is 1. The van der Waals surface area contributed by atoms with Crippen molar-refractivity contribution in [3.05, 3.63) is 42.0 Å². The Morgan fingerprint density at radius 2 is 2.00 bits per heavy atom. The van der Waals surface area contributed by atoms with E-state index in [9.17, 15) is 4.79 Å². The minimum Gasteiger partial charge on any atom is -0.399 e. The predicted molar refractivity (Wildman–Crippen MR) is 83.1 cm³/mol. The van der Waals surface area contributed by atoms with Crippen LogP contribution in [0.4, 0.5) is 11.4 Å². The Labute approximate surface area is 124 Å². The maximum Gasteiger partial charge on any atom is 0.246 e. The third-order valence-corrected chi connectivity index (χ3v) is 4.07. The number of carbonyl (C=O) groups excluding carboxylic acids is 1. The van der Waals surface area contributed by atoms with Crippen LogP contribution in [0, 0.1) is 0 Å². The molecule has 1 aromatic heterocycles. The molecule has 0 atom stereocenters. The van der Waals surface area contributed by atoms with Crippen LogP contribution in [0.2, 0.25) is 0 Å². The number of nitrogens with two attached hydrogens (primary N) is 1. The Hall–Kier alpha value is -2.30. The van der Waals surface area contributed by atoms with Crippen LogP contribution < -0.4 is 10.6 Å². The molecule has 0 radical (unpaired) electrons. The minimum absolute atomic E-state index is 0.0468. The molecular weight excluding hydrogens is 264 g/mol. The molecule has 3 rings (SSSR count). The van der Waals surface area contributed by atoms with E-state index in [4.69, 9.17) is 5.73 Å². The van der Waals surface area contributed by atoms with Gasteiger partial charge in [-0.2, -0.15) is 0 Å². The van der Waals surface area contributed by atoms with E-state index in [1.807, 2.05) is 16.7 Å². The van der Waals surface area contributed by atoms with Gasteiger partial charge in [0.1, 0.15) is 6.54 Å². The number of benzene rings is 1. The van der Waals surface area contributed by atoms with Crippen LogP contribution in [0.1, 0.15) is 24.2 Å². The van der Waals surface area contributed by atoms with Crippen molar-refractivity contribution in [2.75, 3.05) is 17.7 Å². The Morgan fingerprint density at radius 1 is 1.29 bits per heavy atom. The zero-order valence-electron chi connectivity index (χ0n) is 12.2. The maximum absolute atomic E-state index is 12.4. The number of anilines is 2.